The number of carboxylic acids is 1. The molecule has 0 saturated heterocycles. The molecule has 4 heteroatoms. The van der Waals surface area contributed by atoms with E-state index in [9.17, 15) is 9.59 Å². The topological polar surface area (TPSA) is 63.6 Å². The molecule has 0 heterocycles. The number of carbonyl (C=O) groups excluding carboxylic acids is 1. The molecule has 0 bridgehead atoms. The smallest absolute Gasteiger partial charge is 0.339 e. The molecule has 2 aromatic carbocycles. The number of esters is 1. The fraction of sp³-hybridized carbons (Fsp3) is 0.263. The van der Waals surface area contributed by atoms with Crippen LogP contribution < -0.4 is 0 Å². The van der Waals surface area contributed by atoms with Gasteiger partial charge in [0, 0.05) is 5.92 Å². The first-order chi connectivity index (χ1) is 11.2. The van der Waals surface area contributed by atoms with E-state index in [1.807, 2.05) is 12.1 Å². The van der Waals surface area contributed by atoms with Gasteiger partial charge in [0.15, 0.2) is 0 Å². The van der Waals surface area contributed by atoms with Gasteiger partial charge in [-0.25, -0.2) is 9.59 Å². The molecule has 1 aliphatic rings. The molecule has 0 spiro atoms. The summed E-state index contributed by atoms with van der Waals surface area (Å²) in [6.07, 6.45) is 3.11. The van der Waals surface area contributed by atoms with Crippen LogP contribution in [0.25, 0.3) is 0 Å². The molecule has 0 radical (unpaired) electrons. The number of fused-ring (bicyclic) bond motifs is 1. The molecule has 4 nitrogen and oxygen atoms in total. The molecular weight excluding hydrogens is 292 g/mol. The maximum absolute atomic E-state index is 12.2. The van der Waals surface area contributed by atoms with Crippen molar-refractivity contribution < 1.29 is 19.4 Å². The second kappa shape index (κ2) is 6.65. The third kappa shape index (κ3) is 3.26. The Hall–Kier alpha value is -2.62. The molecule has 2 aromatic rings. The Morgan fingerprint density at radius 2 is 1.74 bits per heavy atom. The van der Waals surface area contributed by atoms with Crippen LogP contribution in [-0.2, 0) is 11.2 Å². The summed E-state index contributed by atoms with van der Waals surface area (Å²) in [5.74, 6) is -1.52. The zero-order valence-corrected chi connectivity index (χ0v) is 12.7. The van der Waals surface area contributed by atoms with Crippen molar-refractivity contribution in [3.63, 3.8) is 0 Å². The van der Waals surface area contributed by atoms with Crippen molar-refractivity contribution in [2.75, 3.05) is 6.61 Å². The van der Waals surface area contributed by atoms with E-state index in [0.717, 1.165) is 19.3 Å². The quantitative estimate of drug-likeness (QED) is 0.875. The van der Waals surface area contributed by atoms with Gasteiger partial charge >= 0.3 is 11.9 Å². The maximum atomic E-state index is 12.2. The Balaban J connectivity index is 1.72. The second-order valence-electron chi connectivity index (χ2n) is 5.74. The molecule has 0 aliphatic heterocycles. The highest BCUT2D eigenvalue weighted by atomic mass is 16.5. The van der Waals surface area contributed by atoms with E-state index in [1.165, 1.54) is 23.3 Å². The van der Waals surface area contributed by atoms with Crippen LogP contribution in [0.2, 0.25) is 0 Å². The number of rotatable bonds is 4. The normalized spacial score (nSPS) is 16.4. The van der Waals surface area contributed by atoms with Crippen molar-refractivity contribution in [2.24, 2.45) is 0 Å². The van der Waals surface area contributed by atoms with Crippen molar-refractivity contribution in [3.8, 4) is 0 Å². The van der Waals surface area contributed by atoms with E-state index < -0.39 is 11.9 Å². The lowest BCUT2D eigenvalue weighted by Gasteiger charge is -2.25. The van der Waals surface area contributed by atoms with Crippen molar-refractivity contribution >= 4 is 11.9 Å². The Morgan fingerprint density at radius 3 is 2.52 bits per heavy atom. The number of aryl methyl sites for hydroxylation is 1. The minimum Gasteiger partial charge on any atom is -0.478 e. The van der Waals surface area contributed by atoms with Crippen LogP contribution in [0, 0.1) is 0 Å². The van der Waals surface area contributed by atoms with Crippen molar-refractivity contribution in [1.82, 2.24) is 0 Å². The van der Waals surface area contributed by atoms with Crippen LogP contribution in [0.15, 0.2) is 48.5 Å². The van der Waals surface area contributed by atoms with Crippen molar-refractivity contribution in [1.29, 1.82) is 0 Å². The number of hydrogen-bond acceptors (Lipinski definition) is 3. The SMILES string of the molecule is O=C(O)c1ccccc1C(=O)OC[C@@H]1CCCc2ccccc21. The number of carboxylic acid groups (broad SMARTS) is 1. The van der Waals surface area contributed by atoms with Gasteiger partial charge in [0.1, 0.15) is 0 Å². The largest absolute Gasteiger partial charge is 0.478 e. The van der Waals surface area contributed by atoms with Crippen LogP contribution in [0.4, 0.5) is 0 Å². The first kappa shape index (κ1) is 15.3. The van der Waals surface area contributed by atoms with E-state index in [2.05, 4.69) is 12.1 Å². The first-order valence-electron chi connectivity index (χ1n) is 7.74. The summed E-state index contributed by atoms with van der Waals surface area (Å²) in [4.78, 5) is 23.4. The van der Waals surface area contributed by atoms with Gasteiger partial charge in [0.25, 0.3) is 0 Å². The monoisotopic (exact) mass is 310 g/mol. The third-order valence-corrected chi connectivity index (χ3v) is 4.29. The van der Waals surface area contributed by atoms with Crippen LogP contribution >= 0.6 is 0 Å². The standard InChI is InChI=1S/C19H18O4/c20-18(21)16-10-3-4-11-17(16)19(22)23-12-14-8-5-7-13-6-1-2-9-15(13)14/h1-4,6,9-11,14H,5,7-8,12H2,(H,20,21)/t14-/m0/s1. The summed E-state index contributed by atoms with van der Waals surface area (Å²) in [5.41, 5.74) is 2.62. The summed E-state index contributed by atoms with van der Waals surface area (Å²) < 4.78 is 5.41. The van der Waals surface area contributed by atoms with Gasteiger partial charge < -0.3 is 9.84 Å². The number of ether oxygens (including phenoxy) is 1. The lowest BCUT2D eigenvalue weighted by molar-refractivity contribution is 0.0463. The molecular formula is C19H18O4. The fourth-order valence-corrected chi connectivity index (χ4v) is 3.13. The van der Waals surface area contributed by atoms with Gasteiger partial charge in [0.2, 0.25) is 0 Å². The molecule has 0 saturated carbocycles. The van der Waals surface area contributed by atoms with Crippen LogP contribution in [0.1, 0.15) is 50.6 Å². The van der Waals surface area contributed by atoms with Gasteiger partial charge in [-0.3, -0.25) is 0 Å². The van der Waals surface area contributed by atoms with Gasteiger partial charge in [-0.1, -0.05) is 36.4 Å². The second-order valence-corrected chi connectivity index (χ2v) is 5.74. The number of aromatic carboxylic acids is 1. The zero-order valence-electron chi connectivity index (χ0n) is 12.7. The van der Waals surface area contributed by atoms with Gasteiger partial charge in [-0.15, -0.1) is 0 Å². The van der Waals surface area contributed by atoms with Crippen molar-refractivity contribution in [2.45, 2.75) is 25.2 Å². The predicted octanol–water partition coefficient (Wildman–Crippen LogP) is 3.66. The first-order valence-corrected chi connectivity index (χ1v) is 7.74. The summed E-state index contributed by atoms with van der Waals surface area (Å²) in [6.45, 7) is 0.282. The summed E-state index contributed by atoms with van der Waals surface area (Å²) in [6, 6.07) is 14.3. The van der Waals surface area contributed by atoms with E-state index in [4.69, 9.17) is 9.84 Å². The highest BCUT2D eigenvalue weighted by Gasteiger charge is 2.23. The Morgan fingerprint density at radius 1 is 1.04 bits per heavy atom. The fourth-order valence-electron chi connectivity index (χ4n) is 3.13. The third-order valence-electron chi connectivity index (χ3n) is 4.29. The highest BCUT2D eigenvalue weighted by molar-refractivity contribution is 6.02. The lowest BCUT2D eigenvalue weighted by atomic mass is 9.83. The number of benzene rings is 2. The molecule has 1 N–H and O–H groups in total. The Kier molecular flexibility index (Phi) is 4.42. The number of hydrogen-bond donors (Lipinski definition) is 1. The van der Waals surface area contributed by atoms with Crippen LogP contribution in [0.3, 0.4) is 0 Å². The molecule has 3 rings (SSSR count). The molecule has 0 unspecified atom stereocenters. The maximum Gasteiger partial charge on any atom is 0.339 e. The molecule has 118 valence electrons. The molecule has 1 aliphatic carbocycles. The average molecular weight is 310 g/mol. The number of carbonyl (C=O) groups is 2. The predicted molar refractivity (Wildman–Crippen MR) is 85.8 cm³/mol. The van der Waals surface area contributed by atoms with E-state index in [1.54, 1.807) is 12.1 Å². The van der Waals surface area contributed by atoms with Gasteiger partial charge in [-0.2, -0.15) is 0 Å². The summed E-state index contributed by atoms with van der Waals surface area (Å²) in [5, 5.41) is 9.15. The van der Waals surface area contributed by atoms with Crippen molar-refractivity contribution in [3.05, 3.63) is 70.8 Å². The molecule has 1 atom stereocenters. The summed E-state index contributed by atoms with van der Waals surface area (Å²) in [7, 11) is 0. The van der Waals surface area contributed by atoms with Gasteiger partial charge in [-0.05, 0) is 42.5 Å². The lowest BCUT2D eigenvalue weighted by Crippen LogP contribution is -2.19. The molecule has 0 aromatic heterocycles. The van der Waals surface area contributed by atoms with Crippen LogP contribution in [0.5, 0.6) is 0 Å². The van der Waals surface area contributed by atoms with E-state index >= 15 is 0 Å². The highest BCUT2D eigenvalue weighted by Crippen LogP contribution is 2.31. The Bertz CT molecular complexity index is 736. The molecule has 0 fully saturated rings. The van der Waals surface area contributed by atoms with E-state index in [0.29, 0.717) is 0 Å². The van der Waals surface area contributed by atoms with E-state index in [-0.39, 0.29) is 23.7 Å². The summed E-state index contributed by atoms with van der Waals surface area (Å²) >= 11 is 0. The van der Waals surface area contributed by atoms with Gasteiger partial charge in [0.05, 0.1) is 17.7 Å². The molecule has 23 heavy (non-hydrogen) atoms. The molecule has 0 amide bonds. The van der Waals surface area contributed by atoms with Crippen LogP contribution in [-0.4, -0.2) is 23.7 Å². The minimum atomic E-state index is -1.12. The zero-order chi connectivity index (χ0) is 16.2. The minimum absolute atomic E-state index is 0.0263. The average Bonchev–Trinajstić information content (AvgIpc) is 2.59. The Labute approximate surface area is 134 Å².